The van der Waals surface area contributed by atoms with Crippen molar-refractivity contribution in [1.29, 1.82) is 0 Å². The van der Waals surface area contributed by atoms with Crippen LogP contribution in [0.1, 0.15) is 113 Å². The van der Waals surface area contributed by atoms with Gasteiger partial charge in [-0.15, -0.1) is 0 Å². The molecule has 39 heavy (non-hydrogen) atoms. The molecule has 0 saturated heterocycles. The van der Waals surface area contributed by atoms with Crippen LogP contribution in [0.3, 0.4) is 0 Å². The molecule has 0 bridgehead atoms. The SMILES string of the molecule is Cc1c(C(=O)NC2CC(C(O)O)C2)cn(-c2cc(C(C)(C)C)cc(C3(C)CC3)c2)c1S(=O)(=O)C1CCCCC1. The molecular weight excluding hydrogens is 512 g/mol. The van der Waals surface area contributed by atoms with Crippen LogP contribution in [0.2, 0.25) is 0 Å². The molecule has 2 aromatic rings. The summed E-state index contributed by atoms with van der Waals surface area (Å²) in [6.07, 6.45) is 7.67. The van der Waals surface area contributed by atoms with Gasteiger partial charge in [0.15, 0.2) is 16.1 Å². The van der Waals surface area contributed by atoms with Crippen LogP contribution in [0.25, 0.3) is 5.69 Å². The number of benzene rings is 1. The Morgan fingerprint density at radius 2 is 1.72 bits per heavy atom. The number of nitrogens with one attached hydrogen (secondary N) is 1. The number of amides is 1. The van der Waals surface area contributed by atoms with Crippen LogP contribution in [0.15, 0.2) is 29.4 Å². The molecule has 8 heteroatoms. The Balaban J connectivity index is 1.61. The normalized spacial score (nSPS) is 23.5. The smallest absolute Gasteiger partial charge is 0.253 e. The minimum absolute atomic E-state index is 0.0961. The van der Waals surface area contributed by atoms with E-state index in [4.69, 9.17) is 0 Å². The van der Waals surface area contributed by atoms with Crippen molar-refractivity contribution in [3.05, 3.63) is 46.6 Å². The molecule has 3 aliphatic carbocycles. The summed E-state index contributed by atoms with van der Waals surface area (Å²) < 4.78 is 30.2. The average Bonchev–Trinajstić information content (AvgIpc) is 3.50. The first-order valence-electron chi connectivity index (χ1n) is 14.5. The van der Waals surface area contributed by atoms with Gasteiger partial charge >= 0.3 is 0 Å². The second-order valence-electron chi connectivity index (χ2n) is 13.5. The Kier molecular flexibility index (Phi) is 7.30. The fourth-order valence-corrected chi connectivity index (χ4v) is 8.42. The molecule has 1 heterocycles. The summed E-state index contributed by atoms with van der Waals surface area (Å²) in [7, 11) is -3.69. The van der Waals surface area contributed by atoms with Gasteiger partial charge in [-0.2, -0.15) is 0 Å². The molecule has 1 amide bonds. The third-order valence-corrected chi connectivity index (χ3v) is 11.8. The van der Waals surface area contributed by atoms with Crippen LogP contribution < -0.4 is 5.32 Å². The van der Waals surface area contributed by atoms with Gasteiger partial charge in [0.1, 0.15) is 5.03 Å². The third-order valence-electron chi connectivity index (χ3n) is 9.40. The minimum Gasteiger partial charge on any atom is -0.368 e. The molecular formula is C31H44N2O5S. The fraction of sp³-hybridized carbons (Fsp3) is 0.645. The number of sulfone groups is 1. The molecule has 0 aliphatic heterocycles. The average molecular weight is 557 g/mol. The van der Waals surface area contributed by atoms with Crippen molar-refractivity contribution >= 4 is 15.7 Å². The van der Waals surface area contributed by atoms with Gasteiger partial charge in [-0.05, 0) is 85.1 Å². The topological polar surface area (TPSA) is 109 Å². The Morgan fingerprint density at radius 1 is 1.08 bits per heavy atom. The van der Waals surface area contributed by atoms with E-state index in [-0.39, 0.29) is 33.7 Å². The van der Waals surface area contributed by atoms with Gasteiger partial charge in [0, 0.05) is 23.8 Å². The maximum atomic E-state index is 14.2. The molecule has 3 saturated carbocycles. The van der Waals surface area contributed by atoms with Gasteiger partial charge in [-0.1, -0.05) is 53.0 Å². The fourth-order valence-electron chi connectivity index (χ4n) is 6.18. The molecule has 0 unspecified atom stereocenters. The van der Waals surface area contributed by atoms with Crippen molar-refractivity contribution in [1.82, 2.24) is 9.88 Å². The zero-order valence-corrected chi connectivity index (χ0v) is 24.8. The lowest BCUT2D eigenvalue weighted by atomic mass is 9.79. The van der Waals surface area contributed by atoms with E-state index in [9.17, 15) is 23.4 Å². The van der Waals surface area contributed by atoms with Gasteiger partial charge in [-0.25, -0.2) is 8.42 Å². The second kappa shape index (κ2) is 10.0. The molecule has 0 radical (unpaired) electrons. The largest absolute Gasteiger partial charge is 0.368 e. The molecule has 3 N–H and O–H groups in total. The Hall–Kier alpha value is -2.16. The molecule has 0 atom stereocenters. The standard InChI is InChI=1S/C31H44N2O5S/c1-19-26(27(34)32-23-13-20(14-23)29(35)36)18-33(28(19)39(37,38)25-9-7-6-8-10-25)24-16-21(30(2,3)4)15-22(17-24)31(5)11-12-31/h15-18,20,23,25,29,35-36H,6-14H2,1-5H3,(H,32,34). The lowest BCUT2D eigenvalue weighted by Crippen LogP contribution is -2.47. The number of carbonyl (C=O) groups excluding carboxylic acids is 1. The summed E-state index contributed by atoms with van der Waals surface area (Å²) in [5.74, 6) is -0.561. The highest BCUT2D eigenvalue weighted by atomic mass is 32.2. The first kappa shape index (κ1) is 28.4. The number of aliphatic hydroxyl groups is 2. The first-order valence-corrected chi connectivity index (χ1v) is 16.0. The van der Waals surface area contributed by atoms with Crippen LogP contribution in [-0.4, -0.2) is 46.7 Å². The van der Waals surface area contributed by atoms with Gasteiger partial charge < -0.3 is 20.1 Å². The highest BCUT2D eigenvalue weighted by molar-refractivity contribution is 7.92. The number of hydrogen-bond acceptors (Lipinski definition) is 5. The third kappa shape index (κ3) is 5.44. The van der Waals surface area contributed by atoms with Gasteiger partial charge in [-0.3, -0.25) is 4.79 Å². The van der Waals surface area contributed by atoms with Gasteiger partial charge in [0.05, 0.1) is 10.8 Å². The second-order valence-corrected chi connectivity index (χ2v) is 15.7. The number of carbonyl (C=O) groups is 1. The quantitative estimate of drug-likeness (QED) is 0.413. The van der Waals surface area contributed by atoms with E-state index in [0.717, 1.165) is 43.4 Å². The van der Waals surface area contributed by atoms with E-state index in [1.165, 1.54) is 5.56 Å². The van der Waals surface area contributed by atoms with Crippen molar-refractivity contribution in [2.75, 3.05) is 0 Å². The van der Waals surface area contributed by atoms with E-state index in [1.54, 1.807) is 17.7 Å². The molecule has 3 fully saturated rings. The summed E-state index contributed by atoms with van der Waals surface area (Å²) in [6.45, 7) is 10.5. The van der Waals surface area contributed by atoms with Crippen molar-refractivity contribution in [2.24, 2.45) is 5.92 Å². The summed E-state index contributed by atoms with van der Waals surface area (Å²) in [5.41, 5.74) is 3.96. The molecule has 214 valence electrons. The minimum atomic E-state index is -3.69. The Morgan fingerprint density at radius 3 is 2.28 bits per heavy atom. The Bertz CT molecular complexity index is 1330. The summed E-state index contributed by atoms with van der Waals surface area (Å²) in [5, 5.41) is 21.6. The number of nitrogens with zero attached hydrogens (tertiary/aromatic N) is 1. The van der Waals surface area contributed by atoms with Crippen molar-refractivity contribution in [3.63, 3.8) is 0 Å². The van der Waals surface area contributed by atoms with Gasteiger partial charge in [0.25, 0.3) is 5.91 Å². The predicted octanol–water partition coefficient (Wildman–Crippen LogP) is 5.06. The highest BCUT2D eigenvalue weighted by Crippen LogP contribution is 2.49. The molecule has 1 aromatic carbocycles. The van der Waals surface area contributed by atoms with Crippen LogP contribution in [0.5, 0.6) is 0 Å². The highest BCUT2D eigenvalue weighted by Gasteiger charge is 2.41. The summed E-state index contributed by atoms with van der Waals surface area (Å²) >= 11 is 0. The molecule has 3 aliphatic rings. The van der Waals surface area contributed by atoms with E-state index in [2.05, 4.69) is 51.2 Å². The number of hydrogen-bond donors (Lipinski definition) is 3. The van der Waals surface area contributed by atoms with E-state index in [0.29, 0.717) is 36.8 Å². The number of aliphatic hydroxyl groups excluding tert-OH is 1. The Labute approximate surface area is 232 Å². The summed E-state index contributed by atoms with van der Waals surface area (Å²) in [6, 6.07) is 6.30. The van der Waals surface area contributed by atoms with Gasteiger partial charge in [0.2, 0.25) is 0 Å². The predicted molar refractivity (Wildman–Crippen MR) is 152 cm³/mol. The van der Waals surface area contributed by atoms with Crippen LogP contribution in [0.4, 0.5) is 0 Å². The van der Waals surface area contributed by atoms with Crippen molar-refractivity contribution in [2.45, 2.75) is 126 Å². The zero-order valence-electron chi connectivity index (χ0n) is 24.0. The lowest BCUT2D eigenvalue weighted by Gasteiger charge is -2.36. The maximum Gasteiger partial charge on any atom is 0.253 e. The number of rotatable bonds is 7. The van der Waals surface area contributed by atoms with E-state index in [1.807, 2.05) is 0 Å². The number of aromatic nitrogens is 1. The van der Waals surface area contributed by atoms with E-state index >= 15 is 0 Å². The molecule has 5 rings (SSSR count). The lowest BCUT2D eigenvalue weighted by molar-refractivity contribution is -0.112. The first-order chi connectivity index (χ1) is 18.2. The van der Waals surface area contributed by atoms with Crippen molar-refractivity contribution < 1.29 is 23.4 Å². The maximum absolute atomic E-state index is 14.2. The molecule has 1 aromatic heterocycles. The summed E-state index contributed by atoms with van der Waals surface area (Å²) in [4.78, 5) is 13.5. The monoisotopic (exact) mass is 556 g/mol. The van der Waals surface area contributed by atoms with Crippen LogP contribution in [0, 0.1) is 12.8 Å². The van der Waals surface area contributed by atoms with E-state index < -0.39 is 21.4 Å². The molecule has 7 nitrogen and oxygen atoms in total. The van der Waals surface area contributed by atoms with Crippen LogP contribution >= 0.6 is 0 Å². The molecule has 0 spiro atoms. The van der Waals surface area contributed by atoms with Crippen molar-refractivity contribution in [3.8, 4) is 5.69 Å². The zero-order chi connectivity index (χ0) is 28.3. The van der Waals surface area contributed by atoms with Crippen LogP contribution in [-0.2, 0) is 20.7 Å².